The molecule has 0 unspecified atom stereocenters. The molecule has 0 atom stereocenters. The molecule has 2 N–H and O–H groups in total. The average Bonchev–Trinajstić information content (AvgIpc) is 3.02. The molecule has 7 heteroatoms. The summed E-state index contributed by atoms with van der Waals surface area (Å²) in [6.07, 6.45) is 1.67. The second-order valence-electron chi connectivity index (χ2n) is 6.05. The predicted octanol–water partition coefficient (Wildman–Crippen LogP) is 2.52. The van der Waals surface area contributed by atoms with Gasteiger partial charge < -0.3 is 20.3 Å². The van der Waals surface area contributed by atoms with E-state index < -0.39 is 0 Å². The van der Waals surface area contributed by atoms with Crippen molar-refractivity contribution in [1.29, 1.82) is 0 Å². The van der Waals surface area contributed by atoms with Gasteiger partial charge >= 0.3 is 0 Å². The van der Waals surface area contributed by atoms with Crippen molar-refractivity contribution in [3.8, 4) is 0 Å². The summed E-state index contributed by atoms with van der Waals surface area (Å²) < 4.78 is 5.33. The Morgan fingerprint density at radius 2 is 1.92 bits per heavy atom. The number of halogens is 1. The van der Waals surface area contributed by atoms with Crippen LogP contribution < -0.4 is 10.6 Å². The molecule has 26 heavy (non-hydrogen) atoms. The van der Waals surface area contributed by atoms with E-state index in [0.29, 0.717) is 26.1 Å². The molecule has 6 nitrogen and oxygen atoms in total. The van der Waals surface area contributed by atoms with Crippen LogP contribution in [0.25, 0.3) is 0 Å². The zero-order valence-electron chi connectivity index (χ0n) is 15.8. The molecule has 0 spiro atoms. The highest BCUT2D eigenvalue weighted by atomic mass is 127. The summed E-state index contributed by atoms with van der Waals surface area (Å²) in [5, 5.41) is 6.49. The fourth-order valence-corrected chi connectivity index (χ4v) is 2.74. The number of ether oxygens (including phenoxy) is 1. The smallest absolute Gasteiger partial charge is 0.222 e. The number of carbonyl (C=O) groups excluding carboxylic acids is 1. The molecule has 2 rings (SSSR count). The number of hydrogen-bond donors (Lipinski definition) is 2. The van der Waals surface area contributed by atoms with Crippen LogP contribution in [0.2, 0.25) is 0 Å². The fraction of sp³-hybridized carbons (Fsp3) is 0.579. The van der Waals surface area contributed by atoms with Gasteiger partial charge in [0.15, 0.2) is 5.96 Å². The first kappa shape index (κ1) is 22.7. The van der Waals surface area contributed by atoms with Crippen molar-refractivity contribution in [3.05, 3.63) is 35.4 Å². The van der Waals surface area contributed by atoms with Crippen molar-refractivity contribution in [3.63, 3.8) is 0 Å². The molecule has 0 saturated carbocycles. The van der Waals surface area contributed by atoms with Gasteiger partial charge in [0.1, 0.15) is 0 Å². The fourth-order valence-electron chi connectivity index (χ4n) is 2.74. The number of aliphatic imine (C=N–C) groups is 1. The van der Waals surface area contributed by atoms with Crippen LogP contribution in [-0.4, -0.2) is 49.6 Å². The van der Waals surface area contributed by atoms with Gasteiger partial charge in [0, 0.05) is 39.2 Å². The molecule has 0 bridgehead atoms. The second-order valence-corrected chi connectivity index (χ2v) is 6.05. The first-order chi connectivity index (χ1) is 12.2. The van der Waals surface area contributed by atoms with E-state index in [9.17, 15) is 4.79 Å². The van der Waals surface area contributed by atoms with Crippen molar-refractivity contribution < 1.29 is 9.53 Å². The van der Waals surface area contributed by atoms with Crippen LogP contribution >= 0.6 is 24.0 Å². The zero-order valence-corrected chi connectivity index (χ0v) is 18.1. The minimum Gasteiger partial charge on any atom is -0.380 e. The van der Waals surface area contributed by atoms with E-state index in [2.05, 4.69) is 39.9 Å². The molecule has 1 aromatic carbocycles. The number of nitrogens with one attached hydrogen (secondary N) is 2. The lowest BCUT2D eigenvalue weighted by Crippen LogP contribution is -2.39. The summed E-state index contributed by atoms with van der Waals surface area (Å²) in [6.45, 7) is 9.21. The molecule has 0 aliphatic carbocycles. The number of benzene rings is 1. The number of nitrogens with zero attached hydrogens (tertiary/aromatic N) is 2. The number of amides is 1. The summed E-state index contributed by atoms with van der Waals surface area (Å²) in [5.41, 5.74) is 2.32. The predicted molar refractivity (Wildman–Crippen MR) is 116 cm³/mol. The monoisotopic (exact) mass is 474 g/mol. The van der Waals surface area contributed by atoms with Gasteiger partial charge in [-0.2, -0.15) is 0 Å². The molecular formula is C19H31IN4O2. The highest BCUT2D eigenvalue weighted by Crippen LogP contribution is 2.15. The summed E-state index contributed by atoms with van der Waals surface area (Å²) in [7, 11) is 0. The lowest BCUT2D eigenvalue weighted by atomic mass is 10.1. The number of carbonyl (C=O) groups is 1. The minimum atomic E-state index is 0. The van der Waals surface area contributed by atoms with Crippen LogP contribution in [0.4, 0.5) is 0 Å². The quantitative estimate of drug-likeness (QED) is 0.250. The van der Waals surface area contributed by atoms with Gasteiger partial charge in [-0.05, 0) is 31.4 Å². The van der Waals surface area contributed by atoms with Crippen LogP contribution in [0, 0.1) is 0 Å². The van der Waals surface area contributed by atoms with Crippen molar-refractivity contribution in [1.82, 2.24) is 15.5 Å². The molecule has 1 heterocycles. The van der Waals surface area contributed by atoms with Crippen LogP contribution in [-0.2, 0) is 22.6 Å². The molecule has 1 aliphatic rings. The van der Waals surface area contributed by atoms with Crippen molar-refractivity contribution in [2.24, 2.45) is 4.99 Å². The molecular weight excluding hydrogens is 443 g/mol. The maximum absolute atomic E-state index is 11.7. The summed E-state index contributed by atoms with van der Waals surface area (Å²) >= 11 is 0. The summed E-state index contributed by atoms with van der Waals surface area (Å²) in [4.78, 5) is 18.2. The van der Waals surface area contributed by atoms with E-state index in [1.807, 2.05) is 18.7 Å². The number of likely N-dealkylation sites (tertiary alicyclic amines) is 1. The van der Waals surface area contributed by atoms with Gasteiger partial charge in [-0.25, -0.2) is 4.99 Å². The molecule has 1 amide bonds. The molecule has 1 saturated heterocycles. The third-order valence-corrected chi connectivity index (χ3v) is 4.07. The maximum atomic E-state index is 11.7. The van der Waals surface area contributed by atoms with Crippen LogP contribution in [0.3, 0.4) is 0 Å². The topological polar surface area (TPSA) is 66.0 Å². The Balaban J connectivity index is 0.00000338. The van der Waals surface area contributed by atoms with Crippen LogP contribution in [0.15, 0.2) is 29.3 Å². The van der Waals surface area contributed by atoms with E-state index >= 15 is 0 Å². The van der Waals surface area contributed by atoms with E-state index in [4.69, 9.17) is 4.74 Å². The molecule has 1 aromatic rings. The van der Waals surface area contributed by atoms with Gasteiger partial charge in [0.05, 0.1) is 13.2 Å². The Labute approximate surface area is 173 Å². The zero-order chi connectivity index (χ0) is 17.9. The average molecular weight is 474 g/mol. The lowest BCUT2D eigenvalue weighted by molar-refractivity contribution is -0.128. The van der Waals surface area contributed by atoms with Crippen LogP contribution in [0.1, 0.15) is 37.8 Å². The van der Waals surface area contributed by atoms with E-state index in [1.165, 1.54) is 5.56 Å². The SMILES string of the molecule is CCNC(=NCc1ccc(CN2CCCC2=O)cc1)NCCOCC.I. The number of hydrogen-bond acceptors (Lipinski definition) is 3. The lowest BCUT2D eigenvalue weighted by Gasteiger charge is -2.15. The maximum Gasteiger partial charge on any atom is 0.222 e. The van der Waals surface area contributed by atoms with Crippen molar-refractivity contribution in [2.75, 3.05) is 32.8 Å². The molecule has 0 radical (unpaired) electrons. The Morgan fingerprint density at radius 1 is 1.19 bits per heavy atom. The van der Waals surface area contributed by atoms with Gasteiger partial charge in [0.25, 0.3) is 0 Å². The highest BCUT2D eigenvalue weighted by molar-refractivity contribution is 14.0. The van der Waals surface area contributed by atoms with E-state index in [-0.39, 0.29) is 29.9 Å². The standard InChI is InChI=1S/C19H30N4O2.HI/c1-3-20-19(21-11-13-25-4-2)22-14-16-7-9-17(10-8-16)15-23-12-5-6-18(23)24;/h7-10H,3-6,11-15H2,1-2H3,(H2,20,21,22);1H. The summed E-state index contributed by atoms with van der Waals surface area (Å²) in [6, 6.07) is 8.35. The normalized spacial score (nSPS) is 14.3. The van der Waals surface area contributed by atoms with Gasteiger partial charge in [-0.3, -0.25) is 4.79 Å². The molecule has 0 aromatic heterocycles. The second kappa shape index (κ2) is 12.9. The number of guanidine groups is 1. The van der Waals surface area contributed by atoms with Gasteiger partial charge in [-0.15, -0.1) is 24.0 Å². The minimum absolute atomic E-state index is 0. The Bertz CT molecular complexity index is 563. The molecule has 1 aliphatic heterocycles. The largest absolute Gasteiger partial charge is 0.380 e. The number of rotatable bonds is 9. The first-order valence-electron chi connectivity index (χ1n) is 9.18. The van der Waals surface area contributed by atoms with E-state index in [1.54, 1.807) is 0 Å². The Kier molecular flexibility index (Phi) is 11.3. The molecule has 146 valence electrons. The van der Waals surface area contributed by atoms with Crippen LogP contribution in [0.5, 0.6) is 0 Å². The van der Waals surface area contributed by atoms with E-state index in [0.717, 1.165) is 44.2 Å². The van der Waals surface area contributed by atoms with Gasteiger partial charge in [-0.1, -0.05) is 24.3 Å². The third-order valence-electron chi connectivity index (χ3n) is 4.07. The highest BCUT2D eigenvalue weighted by Gasteiger charge is 2.19. The summed E-state index contributed by atoms with van der Waals surface area (Å²) in [5.74, 6) is 1.07. The third kappa shape index (κ3) is 7.90. The van der Waals surface area contributed by atoms with Gasteiger partial charge in [0.2, 0.25) is 5.91 Å². The van der Waals surface area contributed by atoms with Crippen molar-refractivity contribution in [2.45, 2.75) is 39.8 Å². The first-order valence-corrected chi connectivity index (χ1v) is 9.18. The Hall–Kier alpha value is -1.35. The molecule has 1 fully saturated rings. The van der Waals surface area contributed by atoms with Crippen molar-refractivity contribution >= 4 is 35.8 Å². The Morgan fingerprint density at radius 3 is 2.54 bits per heavy atom.